The Kier molecular flexibility index (Phi) is 9.39. The molecule has 0 bridgehead atoms. The van der Waals surface area contributed by atoms with Crippen LogP contribution in [0.15, 0.2) is 12.1 Å². The maximum Gasteiger partial charge on any atom is 1.00 e. The molecule has 2 aromatic rings. The van der Waals surface area contributed by atoms with Crippen LogP contribution in [-0.4, -0.2) is 42.6 Å². The molecular formula is C14H8K2O10. The quantitative estimate of drug-likeness (QED) is 0.207. The van der Waals surface area contributed by atoms with E-state index in [1.54, 1.807) is 0 Å². The van der Waals surface area contributed by atoms with E-state index in [9.17, 15) is 50.4 Å². The molecule has 6 N–H and O–H groups in total. The molecule has 0 aromatic heterocycles. The van der Waals surface area contributed by atoms with Crippen LogP contribution in [0.3, 0.4) is 0 Å². The number of aromatic hydroxyl groups is 6. The largest absolute Gasteiger partial charge is 1.00 e. The predicted molar refractivity (Wildman–Crippen MR) is 70.5 cm³/mol. The summed E-state index contributed by atoms with van der Waals surface area (Å²) in [6.45, 7) is 0. The van der Waals surface area contributed by atoms with E-state index in [1.807, 2.05) is 0 Å². The van der Waals surface area contributed by atoms with Gasteiger partial charge in [0, 0.05) is 22.3 Å². The first-order valence-electron chi connectivity index (χ1n) is 6.06. The first kappa shape index (κ1) is 25.5. The van der Waals surface area contributed by atoms with Gasteiger partial charge in [-0.1, -0.05) is 0 Å². The van der Waals surface area contributed by atoms with Gasteiger partial charge in [0.05, 0.1) is 11.9 Å². The fourth-order valence-corrected chi connectivity index (χ4v) is 2.12. The summed E-state index contributed by atoms with van der Waals surface area (Å²) in [5, 5.41) is 79.9. The van der Waals surface area contributed by atoms with Crippen LogP contribution in [0.1, 0.15) is 20.7 Å². The van der Waals surface area contributed by atoms with Gasteiger partial charge in [0.25, 0.3) is 0 Å². The Balaban J connectivity index is 0.00000312. The van der Waals surface area contributed by atoms with E-state index in [-0.39, 0.29) is 103 Å². The first-order valence-corrected chi connectivity index (χ1v) is 6.06. The number of carboxylic acids is 2. The third-order valence-corrected chi connectivity index (χ3v) is 3.20. The molecule has 0 heterocycles. The Morgan fingerprint density at radius 3 is 1.12 bits per heavy atom. The Bertz CT molecular complexity index is 821. The molecule has 0 spiro atoms. The molecule has 0 atom stereocenters. The average molecular weight is 414 g/mol. The number of phenols is 6. The van der Waals surface area contributed by atoms with Gasteiger partial charge in [-0.2, -0.15) is 0 Å². The maximum absolute atomic E-state index is 11.2. The third-order valence-electron chi connectivity index (χ3n) is 3.20. The average Bonchev–Trinajstić information content (AvgIpc) is 2.50. The van der Waals surface area contributed by atoms with Gasteiger partial charge in [0.2, 0.25) is 11.5 Å². The molecule has 0 unspecified atom stereocenters. The van der Waals surface area contributed by atoms with Gasteiger partial charge in [-0.15, -0.1) is 0 Å². The molecule has 0 amide bonds. The van der Waals surface area contributed by atoms with Gasteiger partial charge in [0.1, 0.15) is 0 Å². The van der Waals surface area contributed by atoms with Crippen LogP contribution < -0.4 is 113 Å². The summed E-state index contributed by atoms with van der Waals surface area (Å²) in [5.41, 5.74) is -3.97. The minimum atomic E-state index is -2.01. The summed E-state index contributed by atoms with van der Waals surface area (Å²) >= 11 is 0. The fraction of sp³-hybridized carbons (Fsp3) is 0. The monoisotopic (exact) mass is 414 g/mol. The van der Waals surface area contributed by atoms with Crippen molar-refractivity contribution in [3.63, 3.8) is 0 Å². The standard InChI is InChI=1S/C14H10O10.2K/c15-5-1-3(13(21)22)7(11(19)9(5)17)8-4(14(23)24)2-6(16)10(18)12(8)20;;/h1-2,15-20H,(H,21,22)(H,23,24);;/q;2*+1/p-2. The number of benzene rings is 2. The molecule has 10 nitrogen and oxygen atoms in total. The summed E-state index contributed by atoms with van der Waals surface area (Å²) in [6, 6.07) is 0.865. The van der Waals surface area contributed by atoms with E-state index in [4.69, 9.17) is 0 Å². The molecular weight excluding hydrogens is 406 g/mol. The van der Waals surface area contributed by atoms with Crippen LogP contribution in [0.5, 0.6) is 34.5 Å². The van der Waals surface area contributed by atoms with Crippen LogP contribution in [0.4, 0.5) is 0 Å². The second-order valence-corrected chi connectivity index (χ2v) is 4.61. The van der Waals surface area contributed by atoms with E-state index in [0.29, 0.717) is 12.1 Å². The van der Waals surface area contributed by atoms with Crippen LogP contribution >= 0.6 is 0 Å². The Morgan fingerprint density at radius 2 is 0.885 bits per heavy atom. The molecule has 0 aliphatic rings. The molecule has 0 saturated carbocycles. The second-order valence-electron chi connectivity index (χ2n) is 4.61. The van der Waals surface area contributed by atoms with Crippen molar-refractivity contribution in [3.8, 4) is 45.6 Å². The zero-order valence-electron chi connectivity index (χ0n) is 13.5. The van der Waals surface area contributed by atoms with Gasteiger partial charge in [-0.05, 0) is 12.1 Å². The van der Waals surface area contributed by atoms with Gasteiger partial charge in [-0.3, -0.25) is 0 Å². The predicted octanol–water partition coefficient (Wildman–Crippen LogP) is -7.68. The fourth-order valence-electron chi connectivity index (χ4n) is 2.12. The van der Waals surface area contributed by atoms with Crippen molar-refractivity contribution >= 4 is 11.9 Å². The van der Waals surface area contributed by atoms with Gasteiger partial charge >= 0.3 is 103 Å². The molecule has 12 heteroatoms. The van der Waals surface area contributed by atoms with E-state index in [1.165, 1.54) is 0 Å². The van der Waals surface area contributed by atoms with Crippen LogP contribution in [0.2, 0.25) is 0 Å². The van der Waals surface area contributed by atoms with Crippen molar-refractivity contribution in [2.45, 2.75) is 0 Å². The van der Waals surface area contributed by atoms with Crippen molar-refractivity contribution < 1.29 is 153 Å². The van der Waals surface area contributed by atoms with Gasteiger partial charge in [0.15, 0.2) is 23.0 Å². The number of carbonyl (C=O) groups is 2. The van der Waals surface area contributed by atoms with Crippen molar-refractivity contribution in [3.05, 3.63) is 23.3 Å². The molecule has 0 saturated heterocycles. The third kappa shape index (κ3) is 4.47. The Morgan fingerprint density at radius 1 is 0.615 bits per heavy atom. The van der Waals surface area contributed by atoms with Crippen molar-refractivity contribution in [1.29, 1.82) is 0 Å². The van der Waals surface area contributed by atoms with Crippen LogP contribution in [-0.2, 0) is 0 Å². The molecule has 0 fully saturated rings. The molecule has 2 aromatic carbocycles. The Hall–Kier alpha value is -0.547. The number of hydrogen-bond acceptors (Lipinski definition) is 10. The summed E-state index contributed by atoms with van der Waals surface area (Å²) < 4.78 is 0. The number of phenolic OH excluding ortho intramolecular Hbond substituents is 6. The van der Waals surface area contributed by atoms with Gasteiger partial charge < -0.3 is 50.4 Å². The molecule has 0 aliphatic carbocycles. The van der Waals surface area contributed by atoms with E-state index in [0.717, 1.165) is 0 Å². The smallest absolute Gasteiger partial charge is 0.545 e. The maximum atomic E-state index is 11.2. The SMILES string of the molecule is O=C([O-])c1cc(O)c(O)c(O)c1-c1c(C(=O)[O-])cc(O)c(O)c1O.[K+].[K+]. The number of aromatic carboxylic acids is 2. The van der Waals surface area contributed by atoms with Crippen molar-refractivity contribution in [2.24, 2.45) is 0 Å². The molecule has 26 heavy (non-hydrogen) atoms. The van der Waals surface area contributed by atoms with Crippen LogP contribution in [0, 0.1) is 0 Å². The molecule has 0 radical (unpaired) electrons. The number of rotatable bonds is 3. The number of carboxylic acid groups (broad SMARTS) is 2. The van der Waals surface area contributed by atoms with Crippen molar-refractivity contribution in [1.82, 2.24) is 0 Å². The molecule has 126 valence electrons. The minimum Gasteiger partial charge on any atom is -0.545 e. The summed E-state index contributed by atoms with van der Waals surface area (Å²) in [7, 11) is 0. The minimum absolute atomic E-state index is 0. The number of carbonyl (C=O) groups excluding carboxylic acids is 2. The normalized spacial score (nSPS) is 9.69. The summed E-state index contributed by atoms with van der Waals surface area (Å²) in [6.07, 6.45) is 0. The van der Waals surface area contributed by atoms with Crippen LogP contribution in [0.25, 0.3) is 11.1 Å². The van der Waals surface area contributed by atoms with Crippen molar-refractivity contribution in [2.75, 3.05) is 0 Å². The van der Waals surface area contributed by atoms with Gasteiger partial charge in [-0.25, -0.2) is 0 Å². The number of hydrogen-bond donors (Lipinski definition) is 6. The van der Waals surface area contributed by atoms with E-state index in [2.05, 4.69) is 0 Å². The second kappa shape index (κ2) is 9.59. The van der Waals surface area contributed by atoms with E-state index < -0.39 is 68.7 Å². The van der Waals surface area contributed by atoms with E-state index >= 15 is 0 Å². The topological polar surface area (TPSA) is 202 Å². The molecule has 2 rings (SSSR count). The first-order chi connectivity index (χ1) is 11.1. The summed E-state index contributed by atoms with van der Waals surface area (Å²) in [4.78, 5) is 22.4. The summed E-state index contributed by atoms with van der Waals surface area (Å²) in [5.74, 6) is -11.2. The zero-order chi connectivity index (χ0) is 18.3. The Labute approximate surface area is 230 Å². The zero-order valence-corrected chi connectivity index (χ0v) is 19.7. The molecule has 0 aliphatic heterocycles.